The van der Waals surface area contributed by atoms with Crippen LogP contribution in [0.3, 0.4) is 0 Å². The summed E-state index contributed by atoms with van der Waals surface area (Å²) in [6.45, 7) is 2.98. The van der Waals surface area contributed by atoms with Gasteiger partial charge in [-0.05, 0) is 12.1 Å². The number of nitrogens with zero attached hydrogens (tertiary/aromatic N) is 3. The average Bonchev–Trinajstić information content (AvgIpc) is 2.46. The molecule has 0 spiro atoms. The number of hydrogen-bond donors (Lipinski definition) is 0. The number of hydrogen-bond acceptors (Lipinski definition) is 4. The van der Waals surface area contributed by atoms with Crippen molar-refractivity contribution in [3.63, 3.8) is 0 Å². The molecule has 0 saturated carbocycles. The van der Waals surface area contributed by atoms with Crippen LogP contribution in [-0.2, 0) is 4.74 Å². The second-order valence-electron chi connectivity index (χ2n) is 4.40. The third-order valence-corrected chi connectivity index (χ3v) is 3.47. The summed E-state index contributed by atoms with van der Waals surface area (Å²) in [5, 5.41) is 10.9. The first-order valence-corrected chi connectivity index (χ1v) is 6.48. The molecule has 19 heavy (non-hydrogen) atoms. The lowest BCUT2D eigenvalue weighted by atomic mass is 10.1. The molecule has 1 aromatic carbocycles. The van der Waals surface area contributed by atoms with E-state index >= 15 is 0 Å². The van der Waals surface area contributed by atoms with Crippen molar-refractivity contribution in [1.29, 1.82) is 5.26 Å². The highest BCUT2D eigenvalue weighted by Gasteiger charge is 2.17. The summed E-state index contributed by atoms with van der Waals surface area (Å²) in [6.07, 6.45) is 1.58. The van der Waals surface area contributed by atoms with E-state index in [1.807, 2.05) is 18.2 Å². The minimum atomic E-state index is 0.579. The molecule has 5 heteroatoms. The standard InChI is InChI=1S/C14H12ClN3O/c15-11-7-10-1-2-13(18-3-5-19-6-4-18)12(8-16)14(10)17-9-11/h1-2,7,9H,3-6H2. The molecule has 0 aliphatic carbocycles. The van der Waals surface area contributed by atoms with Crippen molar-refractivity contribution in [2.45, 2.75) is 0 Å². The van der Waals surface area contributed by atoms with Gasteiger partial charge in [-0.25, -0.2) is 0 Å². The number of rotatable bonds is 1. The van der Waals surface area contributed by atoms with Crippen molar-refractivity contribution in [2.75, 3.05) is 31.2 Å². The molecule has 0 bridgehead atoms. The van der Waals surface area contributed by atoms with Gasteiger partial charge in [0.05, 0.1) is 29.4 Å². The van der Waals surface area contributed by atoms with E-state index in [0.717, 1.165) is 24.2 Å². The zero-order chi connectivity index (χ0) is 13.2. The maximum absolute atomic E-state index is 9.44. The third-order valence-electron chi connectivity index (χ3n) is 3.26. The van der Waals surface area contributed by atoms with Gasteiger partial charge in [-0.15, -0.1) is 0 Å². The lowest BCUT2D eigenvalue weighted by molar-refractivity contribution is 0.122. The average molecular weight is 274 g/mol. The number of nitriles is 1. The second-order valence-corrected chi connectivity index (χ2v) is 4.83. The number of ether oxygens (including phenoxy) is 1. The van der Waals surface area contributed by atoms with Crippen molar-refractivity contribution in [3.8, 4) is 6.07 Å². The number of anilines is 1. The highest BCUT2D eigenvalue weighted by Crippen LogP contribution is 2.28. The third kappa shape index (κ3) is 2.23. The van der Waals surface area contributed by atoms with E-state index in [1.54, 1.807) is 6.20 Å². The predicted octanol–water partition coefficient (Wildman–Crippen LogP) is 2.60. The molecule has 4 nitrogen and oxygen atoms in total. The fourth-order valence-electron chi connectivity index (χ4n) is 2.34. The van der Waals surface area contributed by atoms with Crippen LogP contribution in [0.1, 0.15) is 5.56 Å². The quantitative estimate of drug-likeness (QED) is 0.801. The van der Waals surface area contributed by atoms with Crippen LogP contribution in [0, 0.1) is 11.3 Å². The van der Waals surface area contributed by atoms with Crippen LogP contribution in [-0.4, -0.2) is 31.3 Å². The summed E-state index contributed by atoms with van der Waals surface area (Å²) in [5.41, 5.74) is 2.24. The lowest BCUT2D eigenvalue weighted by Crippen LogP contribution is -2.36. The van der Waals surface area contributed by atoms with Crippen LogP contribution < -0.4 is 4.90 Å². The molecule has 0 unspecified atom stereocenters. The Bertz CT molecular complexity index is 660. The number of morpholine rings is 1. The van der Waals surface area contributed by atoms with E-state index in [4.69, 9.17) is 16.3 Å². The van der Waals surface area contributed by atoms with Gasteiger partial charge in [0.2, 0.25) is 0 Å². The van der Waals surface area contributed by atoms with Crippen molar-refractivity contribution >= 4 is 28.2 Å². The first-order valence-electron chi connectivity index (χ1n) is 6.10. The van der Waals surface area contributed by atoms with Crippen LogP contribution >= 0.6 is 11.6 Å². The SMILES string of the molecule is N#Cc1c(N2CCOCC2)ccc2cc(Cl)cnc12. The van der Waals surface area contributed by atoms with Crippen LogP contribution in [0.25, 0.3) is 10.9 Å². The summed E-state index contributed by atoms with van der Waals surface area (Å²) < 4.78 is 5.34. The van der Waals surface area contributed by atoms with Crippen molar-refractivity contribution in [1.82, 2.24) is 4.98 Å². The molecule has 96 valence electrons. The topological polar surface area (TPSA) is 49.2 Å². The van der Waals surface area contributed by atoms with Gasteiger partial charge >= 0.3 is 0 Å². The van der Waals surface area contributed by atoms with Crippen molar-refractivity contribution in [2.24, 2.45) is 0 Å². The number of benzene rings is 1. The first kappa shape index (κ1) is 12.2. The van der Waals surface area contributed by atoms with Crippen molar-refractivity contribution in [3.05, 3.63) is 35.0 Å². The van der Waals surface area contributed by atoms with Gasteiger partial charge in [-0.2, -0.15) is 5.26 Å². The summed E-state index contributed by atoms with van der Waals surface area (Å²) in [6, 6.07) is 8.02. The Morgan fingerprint density at radius 2 is 2.11 bits per heavy atom. The zero-order valence-electron chi connectivity index (χ0n) is 10.3. The molecule has 1 fully saturated rings. The lowest BCUT2D eigenvalue weighted by Gasteiger charge is -2.29. The van der Waals surface area contributed by atoms with E-state index in [0.29, 0.717) is 29.3 Å². The summed E-state index contributed by atoms with van der Waals surface area (Å²) in [5.74, 6) is 0. The predicted molar refractivity (Wildman–Crippen MR) is 74.5 cm³/mol. The Morgan fingerprint density at radius 1 is 1.32 bits per heavy atom. The summed E-state index contributed by atoms with van der Waals surface area (Å²) in [7, 11) is 0. The fourth-order valence-corrected chi connectivity index (χ4v) is 2.51. The van der Waals surface area contributed by atoms with Gasteiger partial charge in [0.25, 0.3) is 0 Å². The van der Waals surface area contributed by atoms with E-state index in [1.165, 1.54) is 0 Å². The van der Waals surface area contributed by atoms with Crippen LogP contribution in [0.5, 0.6) is 0 Å². The second kappa shape index (κ2) is 5.04. The van der Waals surface area contributed by atoms with E-state index in [9.17, 15) is 5.26 Å². The van der Waals surface area contributed by atoms with Gasteiger partial charge in [0.1, 0.15) is 11.6 Å². The monoisotopic (exact) mass is 273 g/mol. The van der Waals surface area contributed by atoms with Gasteiger partial charge in [-0.1, -0.05) is 17.7 Å². The van der Waals surface area contributed by atoms with E-state index in [-0.39, 0.29) is 0 Å². The Morgan fingerprint density at radius 3 is 2.84 bits per heavy atom. The van der Waals surface area contributed by atoms with Crippen molar-refractivity contribution < 1.29 is 4.74 Å². The molecule has 0 atom stereocenters. The molecule has 0 N–H and O–H groups in total. The minimum Gasteiger partial charge on any atom is -0.378 e. The smallest absolute Gasteiger partial charge is 0.104 e. The summed E-state index contributed by atoms with van der Waals surface area (Å²) >= 11 is 5.93. The number of halogens is 1. The molecule has 0 radical (unpaired) electrons. The molecule has 2 heterocycles. The molecule has 0 amide bonds. The van der Waals surface area contributed by atoms with E-state index in [2.05, 4.69) is 16.0 Å². The first-order chi connectivity index (χ1) is 9.29. The normalized spacial score (nSPS) is 15.5. The highest BCUT2D eigenvalue weighted by atomic mass is 35.5. The summed E-state index contributed by atoms with van der Waals surface area (Å²) in [4.78, 5) is 6.46. The molecule has 2 aromatic rings. The molecule has 1 aliphatic rings. The van der Waals surface area contributed by atoms with Crippen LogP contribution in [0.2, 0.25) is 5.02 Å². The highest BCUT2D eigenvalue weighted by molar-refractivity contribution is 6.31. The Kier molecular flexibility index (Phi) is 3.24. The van der Waals surface area contributed by atoms with Gasteiger partial charge in [0, 0.05) is 24.7 Å². The van der Waals surface area contributed by atoms with E-state index < -0.39 is 0 Å². The van der Waals surface area contributed by atoms with Gasteiger partial charge < -0.3 is 9.64 Å². The molecule has 1 saturated heterocycles. The van der Waals surface area contributed by atoms with Gasteiger partial charge in [-0.3, -0.25) is 4.98 Å². The number of aromatic nitrogens is 1. The number of pyridine rings is 1. The molecular formula is C14H12ClN3O. The Labute approximate surface area is 116 Å². The molecule has 1 aliphatic heterocycles. The molecule has 1 aromatic heterocycles. The van der Waals surface area contributed by atoms with Crippen LogP contribution in [0.4, 0.5) is 5.69 Å². The zero-order valence-corrected chi connectivity index (χ0v) is 11.0. The Balaban J connectivity index is 2.15. The fraction of sp³-hybridized carbons (Fsp3) is 0.286. The molecular weight excluding hydrogens is 262 g/mol. The van der Waals surface area contributed by atoms with Gasteiger partial charge in [0.15, 0.2) is 0 Å². The number of fused-ring (bicyclic) bond motifs is 1. The largest absolute Gasteiger partial charge is 0.378 e. The molecule has 3 rings (SSSR count). The van der Waals surface area contributed by atoms with Crippen LogP contribution in [0.15, 0.2) is 24.4 Å². The minimum absolute atomic E-state index is 0.579. The Hall–Kier alpha value is -1.83. The maximum Gasteiger partial charge on any atom is 0.104 e. The maximum atomic E-state index is 9.44.